The van der Waals surface area contributed by atoms with Gasteiger partial charge in [-0.2, -0.15) is 0 Å². The molecule has 0 bridgehead atoms. The summed E-state index contributed by atoms with van der Waals surface area (Å²) in [5.41, 5.74) is 0.981. The predicted octanol–water partition coefficient (Wildman–Crippen LogP) is 4.04. The van der Waals surface area contributed by atoms with Crippen LogP contribution in [0.4, 0.5) is 11.4 Å². The fourth-order valence-electron chi connectivity index (χ4n) is 2.62. The molecule has 0 aliphatic carbocycles. The Hall–Kier alpha value is -3.54. The average Bonchev–Trinajstić information content (AvgIpc) is 2.68. The fourth-order valence-corrected chi connectivity index (χ4v) is 2.62. The van der Waals surface area contributed by atoms with E-state index in [4.69, 9.17) is 9.15 Å². The lowest BCUT2D eigenvalue weighted by atomic mass is 10.1. The minimum absolute atomic E-state index is 0.0842. The first-order valence-electron chi connectivity index (χ1n) is 8.49. The van der Waals surface area contributed by atoms with Crippen LogP contribution < -0.4 is 21.0 Å². The summed E-state index contributed by atoms with van der Waals surface area (Å²) in [6.07, 6.45) is 3.87. The number of hydrogen-bond donors (Lipinski definition) is 2. The van der Waals surface area contributed by atoms with Gasteiger partial charge in [-0.25, -0.2) is 4.79 Å². The number of allylic oxidation sites excluding steroid dienone is 1. The molecular formula is C21H20N2O4. The highest BCUT2D eigenvalue weighted by atomic mass is 16.5. The Morgan fingerprint density at radius 2 is 1.96 bits per heavy atom. The Bertz CT molecular complexity index is 1050. The SMILES string of the molecule is C/C=C/CNc1ccccc1C(=O)Nc1cc2ccc(OC)cc2oc1=O. The third kappa shape index (κ3) is 4.17. The van der Waals surface area contributed by atoms with E-state index in [1.165, 1.54) is 7.11 Å². The van der Waals surface area contributed by atoms with E-state index in [2.05, 4.69) is 10.6 Å². The number of nitrogens with one attached hydrogen (secondary N) is 2. The lowest BCUT2D eigenvalue weighted by Gasteiger charge is -2.11. The van der Waals surface area contributed by atoms with Crippen LogP contribution in [-0.4, -0.2) is 19.6 Å². The van der Waals surface area contributed by atoms with Gasteiger partial charge in [0, 0.05) is 23.7 Å². The van der Waals surface area contributed by atoms with Gasteiger partial charge in [0.15, 0.2) is 0 Å². The molecule has 2 aromatic carbocycles. The normalized spacial score (nSPS) is 10.9. The number of rotatable bonds is 6. The molecule has 2 N–H and O–H groups in total. The molecule has 0 fully saturated rings. The third-order valence-electron chi connectivity index (χ3n) is 4.01. The summed E-state index contributed by atoms with van der Waals surface area (Å²) < 4.78 is 10.4. The number of anilines is 2. The molecule has 0 atom stereocenters. The maximum atomic E-state index is 12.7. The zero-order valence-electron chi connectivity index (χ0n) is 15.1. The minimum atomic E-state index is -0.622. The van der Waals surface area contributed by atoms with Gasteiger partial charge < -0.3 is 19.8 Å². The number of carbonyl (C=O) groups excluding carboxylic acids is 1. The number of hydrogen-bond acceptors (Lipinski definition) is 5. The number of fused-ring (bicyclic) bond motifs is 1. The molecule has 0 saturated heterocycles. The van der Waals surface area contributed by atoms with Crippen molar-refractivity contribution in [2.24, 2.45) is 0 Å². The molecule has 0 radical (unpaired) electrons. The van der Waals surface area contributed by atoms with Crippen molar-refractivity contribution in [3.8, 4) is 5.75 Å². The van der Waals surface area contributed by atoms with Crippen molar-refractivity contribution in [2.75, 3.05) is 24.3 Å². The summed E-state index contributed by atoms with van der Waals surface area (Å²) in [6, 6.07) is 13.9. The number of amides is 1. The zero-order chi connectivity index (χ0) is 19.2. The Labute approximate surface area is 156 Å². The minimum Gasteiger partial charge on any atom is -0.497 e. The molecule has 0 aliphatic rings. The summed E-state index contributed by atoms with van der Waals surface area (Å²) in [7, 11) is 1.54. The molecule has 27 heavy (non-hydrogen) atoms. The van der Waals surface area contributed by atoms with Gasteiger partial charge in [0.1, 0.15) is 17.0 Å². The second kappa shape index (κ2) is 8.23. The van der Waals surface area contributed by atoms with Crippen molar-refractivity contribution >= 4 is 28.3 Å². The Balaban J connectivity index is 1.88. The first-order chi connectivity index (χ1) is 13.1. The van der Waals surface area contributed by atoms with E-state index >= 15 is 0 Å². The number of para-hydroxylation sites is 1. The van der Waals surface area contributed by atoms with Gasteiger partial charge in [-0.05, 0) is 37.3 Å². The lowest BCUT2D eigenvalue weighted by Crippen LogP contribution is -2.19. The van der Waals surface area contributed by atoms with Gasteiger partial charge in [0.2, 0.25) is 0 Å². The van der Waals surface area contributed by atoms with Crippen LogP contribution in [0.2, 0.25) is 0 Å². The van der Waals surface area contributed by atoms with Gasteiger partial charge in [0.05, 0.1) is 12.7 Å². The lowest BCUT2D eigenvalue weighted by molar-refractivity contribution is 0.102. The molecule has 0 saturated carbocycles. The standard InChI is InChI=1S/C21H20N2O4/c1-3-4-11-22-17-8-6-5-7-16(17)20(24)23-18-12-14-9-10-15(26-2)13-19(14)27-21(18)25/h3-10,12-13,22H,11H2,1-2H3,(H,23,24)/b4-3+. The molecule has 1 aromatic heterocycles. The Morgan fingerprint density at radius 1 is 1.15 bits per heavy atom. The second-order valence-corrected chi connectivity index (χ2v) is 5.80. The molecule has 3 aromatic rings. The first kappa shape index (κ1) is 18.3. The smallest absolute Gasteiger partial charge is 0.360 e. The zero-order valence-corrected chi connectivity index (χ0v) is 15.1. The monoisotopic (exact) mass is 364 g/mol. The van der Waals surface area contributed by atoms with Crippen LogP contribution in [0.1, 0.15) is 17.3 Å². The molecule has 6 nitrogen and oxygen atoms in total. The summed E-state index contributed by atoms with van der Waals surface area (Å²) >= 11 is 0. The highest BCUT2D eigenvalue weighted by molar-refractivity contribution is 6.08. The van der Waals surface area contributed by atoms with Crippen molar-refractivity contribution < 1.29 is 13.9 Å². The maximum Gasteiger partial charge on any atom is 0.360 e. The summed E-state index contributed by atoms with van der Waals surface area (Å²) in [5, 5.41) is 6.50. The Morgan fingerprint density at radius 3 is 2.74 bits per heavy atom. The van der Waals surface area contributed by atoms with Crippen LogP contribution in [0.3, 0.4) is 0 Å². The van der Waals surface area contributed by atoms with E-state index in [1.54, 1.807) is 36.4 Å². The largest absolute Gasteiger partial charge is 0.497 e. The van der Waals surface area contributed by atoms with Crippen molar-refractivity contribution in [1.82, 2.24) is 0 Å². The van der Waals surface area contributed by atoms with E-state index in [9.17, 15) is 9.59 Å². The highest BCUT2D eigenvalue weighted by Gasteiger charge is 2.14. The van der Waals surface area contributed by atoms with Crippen molar-refractivity contribution in [3.63, 3.8) is 0 Å². The summed E-state index contributed by atoms with van der Waals surface area (Å²) in [4.78, 5) is 24.9. The van der Waals surface area contributed by atoms with Crippen molar-refractivity contribution in [1.29, 1.82) is 0 Å². The number of benzene rings is 2. The maximum absolute atomic E-state index is 12.7. The van der Waals surface area contributed by atoms with E-state index < -0.39 is 11.5 Å². The predicted molar refractivity (Wildman–Crippen MR) is 107 cm³/mol. The summed E-state index contributed by atoms with van der Waals surface area (Å²) in [5.74, 6) is 0.197. The third-order valence-corrected chi connectivity index (χ3v) is 4.01. The quantitative estimate of drug-likeness (QED) is 0.510. The molecule has 138 valence electrons. The number of carbonyl (C=O) groups is 1. The molecule has 0 aliphatic heterocycles. The van der Waals surface area contributed by atoms with E-state index in [-0.39, 0.29) is 5.69 Å². The molecule has 1 heterocycles. The van der Waals surface area contributed by atoms with Gasteiger partial charge in [-0.15, -0.1) is 0 Å². The van der Waals surface area contributed by atoms with Crippen LogP contribution in [0.15, 0.2) is 69.9 Å². The average molecular weight is 364 g/mol. The highest BCUT2D eigenvalue weighted by Crippen LogP contribution is 2.22. The van der Waals surface area contributed by atoms with E-state index in [0.717, 1.165) is 0 Å². The second-order valence-electron chi connectivity index (χ2n) is 5.80. The molecule has 0 spiro atoms. The van der Waals surface area contributed by atoms with Gasteiger partial charge in [-0.1, -0.05) is 24.3 Å². The van der Waals surface area contributed by atoms with Gasteiger partial charge in [-0.3, -0.25) is 4.79 Å². The van der Waals surface area contributed by atoms with E-state index in [1.807, 2.05) is 31.2 Å². The molecule has 6 heteroatoms. The topological polar surface area (TPSA) is 80.6 Å². The van der Waals surface area contributed by atoms with Gasteiger partial charge in [0.25, 0.3) is 5.91 Å². The van der Waals surface area contributed by atoms with Crippen LogP contribution in [-0.2, 0) is 0 Å². The van der Waals surface area contributed by atoms with Crippen LogP contribution in [0.5, 0.6) is 5.75 Å². The Kier molecular flexibility index (Phi) is 5.56. The number of methoxy groups -OCH3 is 1. The molecule has 0 unspecified atom stereocenters. The molecule has 3 rings (SSSR count). The van der Waals surface area contributed by atoms with Crippen LogP contribution >= 0.6 is 0 Å². The van der Waals surface area contributed by atoms with E-state index in [0.29, 0.717) is 34.5 Å². The van der Waals surface area contributed by atoms with Crippen LogP contribution in [0, 0.1) is 0 Å². The van der Waals surface area contributed by atoms with Crippen molar-refractivity contribution in [2.45, 2.75) is 6.92 Å². The molecular weight excluding hydrogens is 344 g/mol. The molecule has 1 amide bonds. The number of ether oxygens (including phenoxy) is 1. The van der Waals surface area contributed by atoms with Crippen molar-refractivity contribution in [3.05, 3.63) is 76.7 Å². The fraction of sp³-hybridized carbons (Fsp3) is 0.143. The van der Waals surface area contributed by atoms with Gasteiger partial charge >= 0.3 is 5.63 Å². The first-order valence-corrected chi connectivity index (χ1v) is 8.49. The van der Waals surface area contributed by atoms with Crippen LogP contribution in [0.25, 0.3) is 11.0 Å². The summed E-state index contributed by atoms with van der Waals surface area (Å²) in [6.45, 7) is 2.52.